The van der Waals surface area contributed by atoms with Crippen LogP contribution in [-0.2, 0) is 4.74 Å². The molecule has 5 heteroatoms. The van der Waals surface area contributed by atoms with Crippen LogP contribution in [0.1, 0.15) is 23.2 Å². The van der Waals surface area contributed by atoms with Gasteiger partial charge in [0, 0.05) is 24.9 Å². The van der Waals surface area contributed by atoms with Crippen molar-refractivity contribution < 1.29 is 13.9 Å². The van der Waals surface area contributed by atoms with E-state index < -0.39 is 11.7 Å². The van der Waals surface area contributed by atoms with Crippen LogP contribution in [0.2, 0.25) is 0 Å². The highest BCUT2D eigenvalue weighted by Crippen LogP contribution is 2.20. The lowest BCUT2D eigenvalue weighted by Gasteiger charge is -2.25. The number of halogens is 1. The number of benzene rings is 1. The molecule has 1 aliphatic heterocycles. The quantitative estimate of drug-likeness (QED) is 0.839. The summed E-state index contributed by atoms with van der Waals surface area (Å²) in [5.41, 5.74) is 6.00. The number of anilines is 1. The molecule has 3 N–H and O–H groups in total. The number of hydrogen-bond donors (Lipinski definition) is 2. The zero-order valence-corrected chi connectivity index (χ0v) is 9.41. The van der Waals surface area contributed by atoms with Crippen molar-refractivity contribution in [1.29, 1.82) is 0 Å². The molecule has 0 bridgehead atoms. The minimum Gasteiger partial charge on any atom is -0.381 e. The maximum absolute atomic E-state index is 13.0. The van der Waals surface area contributed by atoms with Crippen LogP contribution < -0.4 is 11.1 Å². The minimum atomic E-state index is -0.626. The summed E-state index contributed by atoms with van der Waals surface area (Å²) in [6.45, 7) is 1.40. The van der Waals surface area contributed by atoms with Crippen LogP contribution in [0.15, 0.2) is 18.2 Å². The standard InChI is InChI=1S/C12H15FN2O2/c13-8-1-2-11(10(7-8)12(14)16)15-9-3-5-17-6-4-9/h1-2,7,9,15H,3-6H2,(H2,14,16). The Morgan fingerprint density at radius 3 is 2.76 bits per heavy atom. The highest BCUT2D eigenvalue weighted by molar-refractivity contribution is 5.98. The van der Waals surface area contributed by atoms with Crippen molar-refractivity contribution in [3.8, 4) is 0 Å². The molecule has 4 nitrogen and oxygen atoms in total. The monoisotopic (exact) mass is 238 g/mol. The molecule has 1 saturated heterocycles. The summed E-state index contributed by atoms with van der Waals surface area (Å²) in [7, 11) is 0. The molecule has 0 atom stereocenters. The van der Waals surface area contributed by atoms with E-state index in [4.69, 9.17) is 10.5 Å². The number of primary amides is 1. The molecule has 0 aromatic heterocycles. The van der Waals surface area contributed by atoms with Gasteiger partial charge < -0.3 is 15.8 Å². The number of rotatable bonds is 3. The largest absolute Gasteiger partial charge is 0.381 e. The van der Waals surface area contributed by atoms with Gasteiger partial charge in [-0.15, -0.1) is 0 Å². The van der Waals surface area contributed by atoms with E-state index in [9.17, 15) is 9.18 Å². The van der Waals surface area contributed by atoms with E-state index in [2.05, 4.69) is 5.32 Å². The fraction of sp³-hybridized carbons (Fsp3) is 0.417. The molecule has 0 unspecified atom stereocenters. The molecule has 92 valence electrons. The first-order valence-electron chi connectivity index (χ1n) is 5.60. The lowest BCUT2D eigenvalue weighted by atomic mass is 10.1. The summed E-state index contributed by atoms with van der Waals surface area (Å²) in [6, 6.07) is 4.26. The van der Waals surface area contributed by atoms with Crippen LogP contribution in [0.4, 0.5) is 10.1 Å². The molecule has 1 fully saturated rings. The third-order valence-electron chi connectivity index (χ3n) is 2.83. The molecule has 1 aromatic rings. The van der Waals surface area contributed by atoms with Gasteiger partial charge in [-0.05, 0) is 31.0 Å². The molecule has 17 heavy (non-hydrogen) atoms. The Hall–Kier alpha value is -1.62. The Morgan fingerprint density at radius 1 is 1.41 bits per heavy atom. The van der Waals surface area contributed by atoms with E-state index >= 15 is 0 Å². The first-order chi connectivity index (χ1) is 8.16. The van der Waals surface area contributed by atoms with Gasteiger partial charge in [-0.2, -0.15) is 0 Å². The Kier molecular flexibility index (Phi) is 3.58. The molecule has 1 aliphatic rings. The fourth-order valence-corrected chi connectivity index (χ4v) is 1.91. The summed E-state index contributed by atoms with van der Waals surface area (Å²) >= 11 is 0. The van der Waals surface area contributed by atoms with Crippen molar-refractivity contribution in [2.75, 3.05) is 18.5 Å². The molecule has 0 spiro atoms. The molecular weight excluding hydrogens is 223 g/mol. The second kappa shape index (κ2) is 5.14. The van der Waals surface area contributed by atoms with Crippen LogP contribution in [0.25, 0.3) is 0 Å². The van der Waals surface area contributed by atoms with E-state index in [1.807, 2.05) is 0 Å². The summed E-state index contributed by atoms with van der Waals surface area (Å²) in [4.78, 5) is 11.2. The predicted octanol–water partition coefficient (Wildman–Crippen LogP) is 1.52. The van der Waals surface area contributed by atoms with Crippen molar-refractivity contribution in [2.45, 2.75) is 18.9 Å². The van der Waals surface area contributed by atoms with E-state index in [0.717, 1.165) is 18.9 Å². The molecule has 1 amide bonds. The number of carbonyl (C=O) groups excluding carboxylic acids is 1. The second-order valence-electron chi connectivity index (χ2n) is 4.09. The highest BCUT2D eigenvalue weighted by Gasteiger charge is 2.16. The van der Waals surface area contributed by atoms with Gasteiger partial charge in [0.1, 0.15) is 5.82 Å². The Bertz CT molecular complexity index is 417. The van der Waals surface area contributed by atoms with Crippen molar-refractivity contribution >= 4 is 11.6 Å². The van der Waals surface area contributed by atoms with Gasteiger partial charge in [0.05, 0.1) is 5.56 Å². The molecule has 2 rings (SSSR count). The number of hydrogen-bond acceptors (Lipinski definition) is 3. The van der Waals surface area contributed by atoms with Gasteiger partial charge in [0.25, 0.3) is 5.91 Å². The first kappa shape index (κ1) is 11.9. The van der Waals surface area contributed by atoms with Gasteiger partial charge in [-0.3, -0.25) is 4.79 Å². The van der Waals surface area contributed by atoms with Gasteiger partial charge in [-0.25, -0.2) is 4.39 Å². The third kappa shape index (κ3) is 2.94. The molecule has 1 heterocycles. The normalized spacial score (nSPS) is 16.8. The highest BCUT2D eigenvalue weighted by atomic mass is 19.1. The lowest BCUT2D eigenvalue weighted by molar-refractivity contribution is 0.0904. The van der Waals surface area contributed by atoms with Gasteiger partial charge in [0.2, 0.25) is 0 Å². The number of nitrogens with one attached hydrogen (secondary N) is 1. The SMILES string of the molecule is NC(=O)c1cc(F)ccc1NC1CCOCC1. The smallest absolute Gasteiger partial charge is 0.250 e. The Labute approximate surface area is 98.9 Å². The van der Waals surface area contributed by atoms with E-state index in [1.54, 1.807) is 6.07 Å². The van der Waals surface area contributed by atoms with Gasteiger partial charge in [0.15, 0.2) is 0 Å². The fourth-order valence-electron chi connectivity index (χ4n) is 1.91. The number of carbonyl (C=O) groups is 1. The van der Waals surface area contributed by atoms with Crippen LogP contribution in [0.5, 0.6) is 0 Å². The van der Waals surface area contributed by atoms with Crippen molar-refractivity contribution in [3.63, 3.8) is 0 Å². The number of nitrogens with two attached hydrogens (primary N) is 1. The van der Waals surface area contributed by atoms with Gasteiger partial charge in [-0.1, -0.05) is 0 Å². The maximum atomic E-state index is 13.0. The van der Waals surface area contributed by atoms with Gasteiger partial charge >= 0.3 is 0 Å². The second-order valence-corrected chi connectivity index (χ2v) is 4.09. The van der Waals surface area contributed by atoms with Crippen LogP contribution in [0.3, 0.4) is 0 Å². The van der Waals surface area contributed by atoms with Crippen LogP contribution in [-0.4, -0.2) is 25.2 Å². The summed E-state index contributed by atoms with van der Waals surface area (Å²) < 4.78 is 18.3. The third-order valence-corrected chi connectivity index (χ3v) is 2.83. The van der Waals surface area contributed by atoms with Crippen molar-refractivity contribution in [2.24, 2.45) is 5.73 Å². The average molecular weight is 238 g/mol. The summed E-state index contributed by atoms with van der Waals surface area (Å²) in [5, 5.41) is 3.21. The lowest BCUT2D eigenvalue weighted by Crippen LogP contribution is -2.29. The number of amides is 1. The average Bonchev–Trinajstić information content (AvgIpc) is 2.32. The Morgan fingerprint density at radius 2 is 2.12 bits per heavy atom. The van der Waals surface area contributed by atoms with Crippen LogP contribution >= 0.6 is 0 Å². The van der Waals surface area contributed by atoms with Crippen molar-refractivity contribution in [3.05, 3.63) is 29.6 Å². The maximum Gasteiger partial charge on any atom is 0.250 e. The molecule has 1 aromatic carbocycles. The first-order valence-corrected chi connectivity index (χ1v) is 5.60. The molecular formula is C12H15FN2O2. The van der Waals surface area contributed by atoms with E-state index in [0.29, 0.717) is 18.9 Å². The minimum absolute atomic E-state index is 0.191. The van der Waals surface area contributed by atoms with E-state index in [1.165, 1.54) is 6.07 Å². The topological polar surface area (TPSA) is 64.4 Å². The van der Waals surface area contributed by atoms with Crippen molar-refractivity contribution in [1.82, 2.24) is 0 Å². The predicted molar refractivity (Wildman–Crippen MR) is 62.4 cm³/mol. The summed E-state index contributed by atoms with van der Waals surface area (Å²) in [6.07, 6.45) is 1.74. The zero-order valence-electron chi connectivity index (χ0n) is 9.41. The Balaban J connectivity index is 2.16. The molecule has 0 aliphatic carbocycles. The van der Waals surface area contributed by atoms with Crippen LogP contribution in [0, 0.1) is 5.82 Å². The molecule has 0 saturated carbocycles. The van der Waals surface area contributed by atoms with E-state index in [-0.39, 0.29) is 11.6 Å². The number of ether oxygens (including phenoxy) is 1. The molecule has 0 radical (unpaired) electrons. The zero-order chi connectivity index (χ0) is 12.3. The summed E-state index contributed by atoms with van der Waals surface area (Å²) in [5.74, 6) is -1.09.